The molecule has 0 aliphatic rings. The van der Waals surface area contributed by atoms with Crippen LogP contribution in [0, 0.1) is 23.0 Å². The van der Waals surface area contributed by atoms with E-state index in [4.69, 9.17) is 10.1 Å². The van der Waals surface area contributed by atoms with Crippen molar-refractivity contribution in [2.75, 3.05) is 0 Å². The summed E-state index contributed by atoms with van der Waals surface area (Å²) in [6.45, 7) is -0.169. The lowest BCUT2D eigenvalue weighted by Crippen LogP contribution is -1.94. The standard InChI is InChI=1S/C15H10F2N2O/c16-14-4-5-15(17)13(7-14)10-20-19-9-12-3-1-2-11(6-12)8-18/h1-7,9H,10H2. The van der Waals surface area contributed by atoms with Crippen LogP contribution in [0.5, 0.6) is 0 Å². The monoisotopic (exact) mass is 272 g/mol. The predicted molar refractivity (Wildman–Crippen MR) is 69.9 cm³/mol. The molecule has 100 valence electrons. The molecule has 0 saturated heterocycles. The van der Waals surface area contributed by atoms with Gasteiger partial charge in [0.25, 0.3) is 0 Å². The van der Waals surface area contributed by atoms with Gasteiger partial charge in [-0.05, 0) is 35.9 Å². The Morgan fingerprint density at radius 3 is 2.85 bits per heavy atom. The molecule has 20 heavy (non-hydrogen) atoms. The number of rotatable bonds is 4. The third kappa shape index (κ3) is 3.62. The summed E-state index contributed by atoms with van der Waals surface area (Å²) in [5, 5.41) is 12.4. The van der Waals surface area contributed by atoms with E-state index in [1.54, 1.807) is 24.3 Å². The van der Waals surface area contributed by atoms with E-state index in [-0.39, 0.29) is 12.2 Å². The Hall–Kier alpha value is -2.74. The largest absolute Gasteiger partial charge is 0.391 e. The van der Waals surface area contributed by atoms with Gasteiger partial charge in [-0.25, -0.2) is 8.78 Å². The van der Waals surface area contributed by atoms with Crippen LogP contribution in [-0.2, 0) is 11.4 Å². The van der Waals surface area contributed by atoms with Gasteiger partial charge in [-0.15, -0.1) is 0 Å². The number of nitrogens with zero attached hydrogens (tertiary/aromatic N) is 2. The van der Waals surface area contributed by atoms with E-state index in [2.05, 4.69) is 5.16 Å². The van der Waals surface area contributed by atoms with Crippen LogP contribution in [0.4, 0.5) is 8.78 Å². The highest BCUT2D eigenvalue weighted by Crippen LogP contribution is 2.11. The van der Waals surface area contributed by atoms with E-state index in [9.17, 15) is 8.78 Å². The molecule has 0 radical (unpaired) electrons. The minimum Gasteiger partial charge on any atom is -0.391 e. The molecule has 0 fully saturated rings. The van der Waals surface area contributed by atoms with E-state index in [1.165, 1.54) is 6.21 Å². The van der Waals surface area contributed by atoms with Crippen molar-refractivity contribution in [3.63, 3.8) is 0 Å². The van der Waals surface area contributed by atoms with Crippen molar-refractivity contribution in [2.24, 2.45) is 5.16 Å². The van der Waals surface area contributed by atoms with Crippen LogP contribution in [0.3, 0.4) is 0 Å². The van der Waals surface area contributed by atoms with E-state index in [1.807, 2.05) is 6.07 Å². The maximum atomic E-state index is 13.3. The van der Waals surface area contributed by atoms with Crippen molar-refractivity contribution in [1.82, 2.24) is 0 Å². The van der Waals surface area contributed by atoms with E-state index >= 15 is 0 Å². The lowest BCUT2D eigenvalue weighted by atomic mass is 10.1. The van der Waals surface area contributed by atoms with E-state index in [0.717, 1.165) is 18.2 Å². The van der Waals surface area contributed by atoms with Gasteiger partial charge >= 0.3 is 0 Å². The maximum absolute atomic E-state index is 13.3. The van der Waals surface area contributed by atoms with Crippen LogP contribution in [0.2, 0.25) is 0 Å². The molecular formula is C15H10F2N2O. The van der Waals surface area contributed by atoms with Gasteiger partial charge in [-0.1, -0.05) is 17.3 Å². The number of halogens is 2. The summed E-state index contributed by atoms with van der Waals surface area (Å²) < 4.78 is 26.2. The first kappa shape index (κ1) is 13.7. The highest BCUT2D eigenvalue weighted by Gasteiger charge is 2.03. The number of oxime groups is 1. The van der Waals surface area contributed by atoms with Crippen LogP contribution in [0.1, 0.15) is 16.7 Å². The fourth-order valence-corrected chi connectivity index (χ4v) is 1.55. The zero-order valence-corrected chi connectivity index (χ0v) is 10.4. The second-order valence-electron chi connectivity index (χ2n) is 3.98. The van der Waals surface area contributed by atoms with E-state index < -0.39 is 11.6 Å². The minimum absolute atomic E-state index is 0.0907. The molecule has 2 aromatic rings. The number of hydrogen-bond donors (Lipinski definition) is 0. The zero-order chi connectivity index (χ0) is 14.4. The smallest absolute Gasteiger partial charge is 0.145 e. The summed E-state index contributed by atoms with van der Waals surface area (Å²) in [7, 11) is 0. The van der Waals surface area contributed by atoms with Gasteiger partial charge in [-0.3, -0.25) is 0 Å². The van der Waals surface area contributed by atoms with Crippen molar-refractivity contribution in [3.8, 4) is 6.07 Å². The van der Waals surface area contributed by atoms with Gasteiger partial charge in [0.05, 0.1) is 17.8 Å². The fourth-order valence-electron chi connectivity index (χ4n) is 1.55. The van der Waals surface area contributed by atoms with Gasteiger partial charge in [0.1, 0.15) is 18.2 Å². The molecule has 0 aliphatic carbocycles. The van der Waals surface area contributed by atoms with Crippen LogP contribution in [0.15, 0.2) is 47.6 Å². The van der Waals surface area contributed by atoms with Crippen molar-refractivity contribution in [2.45, 2.75) is 6.61 Å². The summed E-state index contributed by atoms with van der Waals surface area (Å²) >= 11 is 0. The Morgan fingerprint density at radius 1 is 1.20 bits per heavy atom. The molecule has 0 spiro atoms. The molecule has 0 bridgehead atoms. The first-order valence-corrected chi connectivity index (χ1v) is 5.78. The third-order valence-corrected chi connectivity index (χ3v) is 2.52. The fraction of sp³-hybridized carbons (Fsp3) is 0.0667. The van der Waals surface area contributed by atoms with Gasteiger partial charge in [0, 0.05) is 5.56 Å². The van der Waals surface area contributed by atoms with Gasteiger partial charge in [0.15, 0.2) is 0 Å². The quantitative estimate of drug-likeness (QED) is 0.632. The minimum atomic E-state index is -0.548. The van der Waals surface area contributed by atoms with Crippen molar-refractivity contribution < 1.29 is 13.6 Å². The molecule has 0 atom stereocenters. The van der Waals surface area contributed by atoms with Crippen LogP contribution in [-0.4, -0.2) is 6.21 Å². The maximum Gasteiger partial charge on any atom is 0.145 e. The Balaban J connectivity index is 1.97. The number of hydrogen-bond acceptors (Lipinski definition) is 3. The average Bonchev–Trinajstić information content (AvgIpc) is 2.47. The second kappa shape index (κ2) is 6.43. The Kier molecular flexibility index (Phi) is 4.40. The molecule has 0 amide bonds. The summed E-state index contributed by atoms with van der Waals surface area (Å²) in [5.41, 5.74) is 1.28. The van der Waals surface area contributed by atoms with Crippen molar-refractivity contribution >= 4 is 6.21 Å². The predicted octanol–water partition coefficient (Wildman–Crippen LogP) is 3.39. The van der Waals surface area contributed by atoms with Gasteiger partial charge in [0.2, 0.25) is 0 Å². The molecule has 2 rings (SSSR count). The lowest BCUT2D eigenvalue weighted by Gasteiger charge is -2.01. The highest BCUT2D eigenvalue weighted by atomic mass is 19.1. The molecule has 0 heterocycles. The SMILES string of the molecule is N#Cc1cccc(C=NOCc2cc(F)ccc2F)c1. The van der Waals surface area contributed by atoms with Crippen LogP contribution >= 0.6 is 0 Å². The number of nitriles is 1. The van der Waals surface area contributed by atoms with Crippen molar-refractivity contribution in [3.05, 3.63) is 70.8 Å². The third-order valence-electron chi connectivity index (χ3n) is 2.52. The molecule has 5 heteroatoms. The second-order valence-corrected chi connectivity index (χ2v) is 3.98. The Morgan fingerprint density at radius 2 is 2.05 bits per heavy atom. The molecule has 0 aromatic heterocycles. The topological polar surface area (TPSA) is 45.4 Å². The highest BCUT2D eigenvalue weighted by molar-refractivity contribution is 5.79. The zero-order valence-electron chi connectivity index (χ0n) is 10.4. The molecule has 0 aliphatic heterocycles. The average molecular weight is 272 g/mol. The summed E-state index contributed by atoms with van der Waals surface area (Å²) in [6.07, 6.45) is 1.40. The normalized spacial score (nSPS) is 10.4. The summed E-state index contributed by atoms with van der Waals surface area (Å²) in [4.78, 5) is 4.91. The molecule has 0 unspecified atom stereocenters. The van der Waals surface area contributed by atoms with Gasteiger partial charge in [-0.2, -0.15) is 5.26 Å². The van der Waals surface area contributed by atoms with E-state index in [0.29, 0.717) is 11.1 Å². The Bertz CT molecular complexity index is 678. The Labute approximate surface area is 114 Å². The molecule has 2 aromatic carbocycles. The lowest BCUT2D eigenvalue weighted by molar-refractivity contribution is 0.129. The van der Waals surface area contributed by atoms with Crippen LogP contribution in [0.25, 0.3) is 0 Å². The first-order chi connectivity index (χ1) is 9.69. The molecule has 0 N–H and O–H groups in total. The van der Waals surface area contributed by atoms with Gasteiger partial charge < -0.3 is 4.84 Å². The van der Waals surface area contributed by atoms with Crippen molar-refractivity contribution in [1.29, 1.82) is 5.26 Å². The number of benzene rings is 2. The summed E-state index contributed by atoms with van der Waals surface area (Å²) in [6, 6.07) is 11.9. The molecule has 3 nitrogen and oxygen atoms in total. The summed E-state index contributed by atoms with van der Waals surface area (Å²) in [5.74, 6) is -1.08. The van der Waals surface area contributed by atoms with Crippen LogP contribution < -0.4 is 0 Å². The molecular weight excluding hydrogens is 262 g/mol. The molecule has 0 saturated carbocycles. The first-order valence-electron chi connectivity index (χ1n) is 5.78.